The molecule has 3 atom stereocenters. The van der Waals surface area contributed by atoms with E-state index in [9.17, 15) is 9.59 Å². The highest BCUT2D eigenvalue weighted by atomic mass is 16.5. The third kappa shape index (κ3) is 3.48. The first-order chi connectivity index (χ1) is 13.6. The fourth-order valence-electron chi connectivity index (χ4n) is 4.85. The molecule has 2 fully saturated rings. The van der Waals surface area contributed by atoms with Crippen LogP contribution in [0, 0.1) is 17.8 Å². The summed E-state index contributed by atoms with van der Waals surface area (Å²) in [5.74, 6) is 0.718. The molecule has 0 bridgehead atoms. The minimum absolute atomic E-state index is 0.0137. The molecule has 3 unspecified atom stereocenters. The molecule has 3 aliphatic rings. The highest BCUT2D eigenvalue weighted by Crippen LogP contribution is 2.45. The van der Waals surface area contributed by atoms with Crippen molar-refractivity contribution >= 4 is 17.8 Å². The van der Waals surface area contributed by atoms with Crippen molar-refractivity contribution in [2.24, 2.45) is 17.8 Å². The molecule has 1 amide bonds. The summed E-state index contributed by atoms with van der Waals surface area (Å²) in [5, 5.41) is 0. The summed E-state index contributed by atoms with van der Waals surface area (Å²) in [5.41, 5.74) is 0.642. The number of ether oxygens (including phenoxy) is 1. The van der Waals surface area contributed by atoms with Gasteiger partial charge in [0.25, 0.3) is 0 Å². The van der Waals surface area contributed by atoms with Crippen molar-refractivity contribution in [3.63, 3.8) is 0 Å². The molecule has 3 heterocycles. The summed E-state index contributed by atoms with van der Waals surface area (Å²) in [6.45, 7) is 4.50. The van der Waals surface area contributed by atoms with Crippen molar-refractivity contribution in [2.75, 3.05) is 51.8 Å². The molecule has 0 spiro atoms. The van der Waals surface area contributed by atoms with E-state index in [0.29, 0.717) is 5.57 Å². The minimum Gasteiger partial charge on any atom is -0.466 e. The molecule has 0 N–H and O–H groups in total. The van der Waals surface area contributed by atoms with Gasteiger partial charge in [0.1, 0.15) is 0 Å². The summed E-state index contributed by atoms with van der Waals surface area (Å²) in [7, 11) is 3.13. The summed E-state index contributed by atoms with van der Waals surface area (Å²) < 4.78 is 4.95. The number of nitrogens with zero attached hydrogens (tertiary/aromatic N) is 5. The predicted octanol–water partition coefficient (Wildman–Crippen LogP) is 0.770. The normalized spacial score (nSPS) is 28.1. The number of rotatable bonds is 4. The topological polar surface area (TPSA) is 78.9 Å². The first-order valence-corrected chi connectivity index (χ1v) is 9.89. The van der Waals surface area contributed by atoms with Crippen LogP contribution >= 0.6 is 0 Å². The maximum Gasteiger partial charge on any atom is 0.335 e. The summed E-state index contributed by atoms with van der Waals surface area (Å²) in [4.78, 5) is 39.9. The van der Waals surface area contributed by atoms with Gasteiger partial charge < -0.3 is 14.5 Å². The molecular formula is C20H27N5O3. The first-order valence-electron chi connectivity index (χ1n) is 9.89. The summed E-state index contributed by atoms with van der Waals surface area (Å²) in [6.07, 6.45) is 7.03. The third-order valence-electron chi connectivity index (χ3n) is 6.28. The molecule has 150 valence electrons. The largest absolute Gasteiger partial charge is 0.466 e. The number of anilines is 1. The van der Waals surface area contributed by atoms with Gasteiger partial charge in [-0.15, -0.1) is 0 Å². The number of hydrogen-bond acceptors (Lipinski definition) is 7. The predicted molar refractivity (Wildman–Crippen MR) is 103 cm³/mol. The van der Waals surface area contributed by atoms with Gasteiger partial charge in [0, 0.05) is 70.2 Å². The van der Waals surface area contributed by atoms with Crippen molar-refractivity contribution in [1.29, 1.82) is 0 Å². The van der Waals surface area contributed by atoms with Crippen molar-refractivity contribution in [3.05, 3.63) is 30.2 Å². The first kappa shape index (κ1) is 18.9. The van der Waals surface area contributed by atoms with Crippen molar-refractivity contribution in [1.82, 2.24) is 19.8 Å². The van der Waals surface area contributed by atoms with E-state index in [1.54, 1.807) is 30.5 Å². The van der Waals surface area contributed by atoms with Gasteiger partial charge in [-0.3, -0.25) is 9.69 Å². The summed E-state index contributed by atoms with van der Waals surface area (Å²) >= 11 is 0. The van der Waals surface area contributed by atoms with Crippen LogP contribution in [0.5, 0.6) is 0 Å². The Kier molecular flexibility index (Phi) is 5.30. The zero-order valence-corrected chi connectivity index (χ0v) is 16.5. The van der Waals surface area contributed by atoms with Gasteiger partial charge in [-0.2, -0.15) is 0 Å². The van der Waals surface area contributed by atoms with Crippen LogP contribution in [0.2, 0.25) is 0 Å². The lowest BCUT2D eigenvalue weighted by atomic mass is 9.81. The van der Waals surface area contributed by atoms with Crippen molar-refractivity contribution in [2.45, 2.75) is 12.8 Å². The van der Waals surface area contributed by atoms with Gasteiger partial charge in [0.15, 0.2) is 0 Å². The Hall–Kier alpha value is -2.48. The van der Waals surface area contributed by atoms with E-state index in [1.807, 2.05) is 6.07 Å². The Morgan fingerprint density at radius 3 is 2.57 bits per heavy atom. The van der Waals surface area contributed by atoms with Crippen LogP contribution in [0.15, 0.2) is 30.2 Å². The number of methoxy groups -OCH3 is 1. The van der Waals surface area contributed by atoms with Crippen LogP contribution in [0.25, 0.3) is 0 Å². The molecule has 1 saturated heterocycles. The maximum absolute atomic E-state index is 12.8. The smallest absolute Gasteiger partial charge is 0.335 e. The molecule has 1 aromatic rings. The highest BCUT2D eigenvalue weighted by molar-refractivity contribution is 5.94. The SMILES string of the molecule is COC(=O)C1=CN(C)C(=O)C2C(CN3CCN(c4ncccn4)CC3)CCC12. The van der Waals surface area contributed by atoms with Crippen LogP contribution in [-0.2, 0) is 14.3 Å². The van der Waals surface area contributed by atoms with Gasteiger partial charge in [-0.05, 0) is 24.8 Å². The number of carbonyl (C=O) groups is 2. The van der Waals surface area contributed by atoms with Crippen molar-refractivity contribution < 1.29 is 14.3 Å². The monoisotopic (exact) mass is 385 g/mol. The number of amides is 1. The average Bonchev–Trinajstić information content (AvgIpc) is 3.15. The molecule has 8 heteroatoms. The van der Waals surface area contributed by atoms with E-state index in [0.717, 1.165) is 51.5 Å². The number of piperazine rings is 1. The van der Waals surface area contributed by atoms with Gasteiger partial charge >= 0.3 is 5.97 Å². The molecule has 1 aliphatic carbocycles. The molecule has 0 aromatic carbocycles. The fourth-order valence-corrected chi connectivity index (χ4v) is 4.85. The van der Waals surface area contributed by atoms with E-state index >= 15 is 0 Å². The van der Waals surface area contributed by atoms with Crippen LogP contribution in [0.1, 0.15) is 12.8 Å². The molecule has 1 saturated carbocycles. The Bertz CT molecular complexity index is 760. The minimum atomic E-state index is -0.313. The number of esters is 1. The van der Waals surface area contributed by atoms with Gasteiger partial charge in [-0.1, -0.05) is 0 Å². The maximum atomic E-state index is 12.8. The van der Waals surface area contributed by atoms with E-state index in [4.69, 9.17) is 4.74 Å². The van der Waals surface area contributed by atoms with Crippen LogP contribution in [-0.4, -0.2) is 78.5 Å². The third-order valence-corrected chi connectivity index (χ3v) is 6.28. The van der Waals surface area contributed by atoms with E-state index in [1.165, 1.54) is 7.11 Å². The fraction of sp³-hybridized carbons (Fsp3) is 0.600. The van der Waals surface area contributed by atoms with Gasteiger partial charge in [0.2, 0.25) is 11.9 Å². The average molecular weight is 385 g/mol. The molecular weight excluding hydrogens is 358 g/mol. The molecule has 1 aromatic heterocycles. The second-order valence-corrected chi connectivity index (χ2v) is 7.83. The molecule has 8 nitrogen and oxygen atoms in total. The van der Waals surface area contributed by atoms with Gasteiger partial charge in [0.05, 0.1) is 12.7 Å². The lowest BCUT2D eigenvalue weighted by Crippen LogP contribution is -2.50. The second kappa shape index (κ2) is 7.87. The van der Waals surface area contributed by atoms with Crippen LogP contribution in [0.3, 0.4) is 0 Å². The number of carbonyl (C=O) groups excluding carboxylic acids is 2. The lowest BCUT2D eigenvalue weighted by Gasteiger charge is -2.38. The lowest BCUT2D eigenvalue weighted by molar-refractivity contribution is -0.140. The number of aromatic nitrogens is 2. The molecule has 4 rings (SSSR count). The summed E-state index contributed by atoms with van der Waals surface area (Å²) in [6, 6.07) is 1.82. The Morgan fingerprint density at radius 1 is 1.18 bits per heavy atom. The highest BCUT2D eigenvalue weighted by Gasteiger charge is 2.48. The van der Waals surface area contributed by atoms with Gasteiger partial charge in [-0.25, -0.2) is 14.8 Å². The number of fused-ring (bicyclic) bond motifs is 1. The van der Waals surface area contributed by atoms with Crippen LogP contribution < -0.4 is 4.90 Å². The second-order valence-electron chi connectivity index (χ2n) is 7.83. The van der Waals surface area contributed by atoms with E-state index < -0.39 is 0 Å². The molecule has 2 aliphatic heterocycles. The zero-order chi connectivity index (χ0) is 19.7. The van der Waals surface area contributed by atoms with Crippen LogP contribution in [0.4, 0.5) is 5.95 Å². The Balaban J connectivity index is 1.39. The Labute approximate surface area is 165 Å². The standard InChI is InChI=1S/C20H27N5O3/c1-23-13-16(19(27)28-2)15-5-4-14(17(15)18(23)26)12-24-8-10-25(11-9-24)20-21-6-3-7-22-20/h3,6-7,13-15,17H,4-5,8-12H2,1-2H3. The Morgan fingerprint density at radius 2 is 1.89 bits per heavy atom. The van der Waals surface area contributed by atoms with E-state index in [-0.39, 0.29) is 29.6 Å². The molecule has 0 radical (unpaired) electrons. The van der Waals surface area contributed by atoms with Crippen molar-refractivity contribution in [3.8, 4) is 0 Å². The number of hydrogen-bond donors (Lipinski definition) is 0. The van der Waals surface area contributed by atoms with E-state index in [2.05, 4.69) is 19.8 Å². The quantitative estimate of drug-likeness (QED) is 0.709. The zero-order valence-electron chi connectivity index (χ0n) is 16.5. The molecule has 28 heavy (non-hydrogen) atoms.